The summed E-state index contributed by atoms with van der Waals surface area (Å²) in [6.45, 7) is 4.02. The Bertz CT molecular complexity index is 1100. The van der Waals surface area contributed by atoms with Crippen LogP contribution in [0.4, 0.5) is 23.3 Å². The summed E-state index contributed by atoms with van der Waals surface area (Å²) in [6.07, 6.45) is 3.48. The first kappa shape index (κ1) is 23.4. The lowest BCUT2D eigenvalue weighted by molar-refractivity contribution is -0.114. The Hall–Kier alpha value is -3.72. The molecular formula is C25H31N7O2. The maximum absolute atomic E-state index is 11.3. The van der Waals surface area contributed by atoms with E-state index in [1.165, 1.54) is 18.8 Å². The van der Waals surface area contributed by atoms with Gasteiger partial charge in [0.05, 0.1) is 0 Å². The molecule has 2 heterocycles. The average Bonchev–Trinajstić information content (AvgIpc) is 2.81. The summed E-state index contributed by atoms with van der Waals surface area (Å²) in [5.41, 5.74) is 2.77. The molecule has 1 fully saturated rings. The lowest BCUT2D eigenvalue weighted by Crippen LogP contribution is -2.39. The molecule has 9 heteroatoms. The molecule has 0 bridgehead atoms. The van der Waals surface area contributed by atoms with Crippen molar-refractivity contribution in [3.05, 3.63) is 60.4 Å². The van der Waals surface area contributed by atoms with Crippen LogP contribution in [0.25, 0.3) is 0 Å². The molecule has 0 saturated carbocycles. The van der Waals surface area contributed by atoms with Crippen LogP contribution in [0.1, 0.15) is 25.3 Å². The van der Waals surface area contributed by atoms with Crippen LogP contribution in [0.3, 0.4) is 0 Å². The summed E-state index contributed by atoms with van der Waals surface area (Å²) in [4.78, 5) is 28.8. The van der Waals surface area contributed by atoms with Crippen molar-refractivity contribution in [2.75, 3.05) is 42.7 Å². The summed E-state index contributed by atoms with van der Waals surface area (Å²) in [5, 5.41) is 5.96. The molecule has 0 spiro atoms. The highest BCUT2D eigenvalue weighted by Gasteiger charge is 2.22. The van der Waals surface area contributed by atoms with Gasteiger partial charge in [0, 0.05) is 50.8 Å². The second kappa shape index (κ2) is 10.9. The van der Waals surface area contributed by atoms with Crippen LogP contribution >= 0.6 is 0 Å². The van der Waals surface area contributed by atoms with Gasteiger partial charge >= 0.3 is 0 Å². The van der Waals surface area contributed by atoms with Gasteiger partial charge in [-0.15, -0.1) is 0 Å². The predicted octanol–water partition coefficient (Wildman–Crippen LogP) is 3.68. The molecule has 1 aliphatic heterocycles. The Kier molecular flexibility index (Phi) is 7.54. The molecule has 4 rings (SSSR count). The second-order valence-corrected chi connectivity index (χ2v) is 8.68. The molecule has 0 unspecified atom stereocenters. The Morgan fingerprint density at radius 1 is 1.09 bits per heavy atom. The van der Waals surface area contributed by atoms with E-state index in [0.717, 1.165) is 43.9 Å². The van der Waals surface area contributed by atoms with Crippen molar-refractivity contribution in [2.45, 2.75) is 32.4 Å². The summed E-state index contributed by atoms with van der Waals surface area (Å²) < 4.78 is 6.21. The number of nitrogens with zero attached hydrogens (tertiary/aromatic N) is 5. The van der Waals surface area contributed by atoms with E-state index in [9.17, 15) is 4.79 Å². The normalized spacial score (nSPS) is 14.2. The number of aromatic nitrogens is 3. The van der Waals surface area contributed by atoms with E-state index in [1.807, 2.05) is 24.3 Å². The number of amides is 1. The lowest BCUT2D eigenvalue weighted by atomic mass is 10.1. The molecule has 0 atom stereocenters. The van der Waals surface area contributed by atoms with Crippen LogP contribution in [-0.2, 0) is 11.3 Å². The molecule has 2 N–H and O–H groups in total. The van der Waals surface area contributed by atoms with E-state index in [2.05, 4.69) is 73.7 Å². The number of rotatable bonds is 8. The molecule has 1 aliphatic rings. The fourth-order valence-electron chi connectivity index (χ4n) is 3.91. The van der Waals surface area contributed by atoms with Gasteiger partial charge in [0.15, 0.2) is 0 Å². The maximum atomic E-state index is 11.3. The van der Waals surface area contributed by atoms with Gasteiger partial charge in [-0.25, -0.2) is 9.97 Å². The summed E-state index contributed by atoms with van der Waals surface area (Å²) in [6, 6.07) is 15.8. The Labute approximate surface area is 200 Å². The van der Waals surface area contributed by atoms with Crippen LogP contribution in [0.15, 0.2) is 54.9 Å². The zero-order valence-corrected chi connectivity index (χ0v) is 19.9. The van der Waals surface area contributed by atoms with Gasteiger partial charge in [-0.3, -0.25) is 4.79 Å². The van der Waals surface area contributed by atoms with E-state index >= 15 is 0 Å². The molecule has 34 heavy (non-hydrogen) atoms. The van der Waals surface area contributed by atoms with Crippen LogP contribution in [-0.4, -0.2) is 59.0 Å². The summed E-state index contributed by atoms with van der Waals surface area (Å²) in [7, 11) is 4.13. The third-order valence-corrected chi connectivity index (χ3v) is 5.45. The molecular weight excluding hydrogens is 430 g/mol. The molecule has 0 aliphatic carbocycles. The number of nitrogens with one attached hydrogen (secondary N) is 2. The molecule has 9 nitrogen and oxygen atoms in total. The minimum absolute atomic E-state index is 0.117. The standard InChI is InChI=1S/C25H31N7O2/c1-18(33)28-20-5-4-6-21(15-20)29-24-26-17-27-25(30-24)32-13-11-23(12-14-32)34-22-9-7-19(8-10-22)16-31(2)3/h4-10,15,17,23H,11-14,16H2,1-3H3,(H,28,33)(H,26,27,29,30). The van der Waals surface area contributed by atoms with Gasteiger partial charge < -0.3 is 25.2 Å². The van der Waals surface area contributed by atoms with Crippen molar-refractivity contribution < 1.29 is 9.53 Å². The minimum atomic E-state index is -0.117. The van der Waals surface area contributed by atoms with Gasteiger partial charge in [-0.05, 0) is 50.0 Å². The van der Waals surface area contributed by atoms with Crippen molar-refractivity contribution in [2.24, 2.45) is 0 Å². The number of piperidine rings is 1. The first-order valence-corrected chi connectivity index (χ1v) is 11.4. The third-order valence-electron chi connectivity index (χ3n) is 5.45. The van der Waals surface area contributed by atoms with E-state index in [4.69, 9.17) is 4.74 Å². The molecule has 1 aromatic heterocycles. The van der Waals surface area contributed by atoms with Crippen LogP contribution < -0.4 is 20.3 Å². The smallest absolute Gasteiger partial charge is 0.231 e. The number of benzene rings is 2. The number of hydrogen-bond donors (Lipinski definition) is 2. The molecule has 2 aromatic carbocycles. The highest BCUT2D eigenvalue weighted by Crippen LogP contribution is 2.23. The Balaban J connectivity index is 1.31. The quantitative estimate of drug-likeness (QED) is 0.525. The SMILES string of the molecule is CC(=O)Nc1cccc(Nc2ncnc(N3CCC(Oc4ccc(CN(C)C)cc4)CC3)n2)c1. The molecule has 1 saturated heterocycles. The van der Waals surface area contributed by atoms with Crippen molar-refractivity contribution in [1.29, 1.82) is 0 Å². The zero-order chi connectivity index (χ0) is 23.9. The maximum Gasteiger partial charge on any atom is 0.231 e. The zero-order valence-electron chi connectivity index (χ0n) is 19.9. The van der Waals surface area contributed by atoms with Gasteiger partial charge in [0.2, 0.25) is 17.8 Å². The number of ether oxygens (including phenoxy) is 1. The van der Waals surface area contributed by atoms with Crippen molar-refractivity contribution >= 4 is 29.2 Å². The Morgan fingerprint density at radius 3 is 2.53 bits per heavy atom. The van der Waals surface area contributed by atoms with E-state index in [-0.39, 0.29) is 12.0 Å². The first-order valence-electron chi connectivity index (χ1n) is 11.4. The fraction of sp³-hybridized carbons (Fsp3) is 0.360. The van der Waals surface area contributed by atoms with Crippen molar-refractivity contribution in [3.8, 4) is 5.75 Å². The number of hydrogen-bond acceptors (Lipinski definition) is 8. The number of anilines is 4. The monoisotopic (exact) mass is 461 g/mol. The van der Waals surface area contributed by atoms with E-state index < -0.39 is 0 Å². The van der Waals surface area contributed by atoms with Gasteiger partial charge in [-0.1, -0.05) is 18.2 Å². The van der Waals surface area contributed by atoms with Gasteiger partial charge in [0.25, 0.3) is 0 Å². The molecule has 1 amide bonds. The van der Waals surface area contributed by atoms with E-state index in [1.54, 1.807) is 0 Å². The highest BCUT2D eigenvalue weighted by molar-refractivity contribution is 5.89. The highest BCUT2D eigenvalue weighted by atomic mass is 16.5. The number of carbonyl (C=O) groups excluding carboxylic acids is 1. The minimum Gasteiger partial charge on any atom is -0.490 e. The predicted molar refractivity (Wildman–Crippen MR) is 134 cm³/mol. The molecule has 0 radical (unpaired) electrons. The van der Waals surface area contributed by atoms with Crippen LogP contribution in [0.5, 0.6) is 5.75 Å². The third kappa shape index (κ3) is 6.64. The average molecular weight is 462 g/mol. The van der Waals surface area contributed by atoms with Crippen molar-refractivity contribution in [1.82, 2.24) is 19.9 Å². The fourth-order valence-corrected chi connectivity index (χ4v) is 3.91. The largest absolute Gasteiger partial charge is 0.490 e. The number of carbonyl (C=O) groups is 1. The van der Waals surface area contributed by atoms with Gasteiger partial charge in [0.1, 0.15) is 18.2 Å². The van der Waals surface area contributed by atoms with Crippen molar-refractivity contribution in [3.63, 3.8) is 0 Å². The Morgan fingerprint density at radius 2 is 1.82 bits per heavy atom. The van der Waals surface area contributed by atoms with Gasteiger partial charge in [-0.2, -0.15) is 4.98 Å². The summed E-state index contributed by atoms with van der Waals surface area (Å²) >= 11 is 0. The van der Waals surface area contributed by atoms with Crippen LogP contribution in [0.2, 0.25) is 0 Å². The molecule has 3 aromatic rings. The van der Waals surface area contributed by atoms with Crippen LogP contribution in [0, 0.1) is 0 Å². The summed E-state index contributed by atoms with van der Waals surface area (Å²) in [5.74, 6) is 1.89. The topological polar surface area (TPSA) is 95.5 Å². The second-order valence-electron chi connectivity index (χ2n) is 8.68. The first-order chi connectivity index (χ1) is 16.4. The van der Waals surface area contributed by atoms with E-state index in [0.29, 0.717) is 17.6 Å². The lowest BCUT2D eigenvalue weighted by Gasteiger charge is -2.32. The molecule has 178 valence electrons.